The Morgan fingerprint density at radius 2 is 1.83 bits per heavy atom. The van der Waals surface area contributed by atoms with Gasteiger partial charge in [0.05, 0.1) is 21.7 Å². The molecule has 3 aromatic rings. The number of halogens is 1. The zero-order valence-corrected chi connectivity index (χ0v) is 17.1. The zero-order valence-electron chi connectivity index (χ0n) is 16.3. The Bertz CT molecular complexity index is 1140. The lowest BCUT2D eigenvalue weighted by Gasteiger charge is -2.23. The van der Waals surface area contributed by atoms with Crippen LogP contribution in [0.4, 0.5) is 11.5 Å². The fourth-order valence-corrected chi connectivity index (χ4v) is 3.27. The molecule has 1 aromatic heterocycles. The van der Waals surface area contributed by atoms with E-state index in [9.17, 15) is 14.4 Å². The molecule has 3 rings (SSSR count). The number of nitrogens with zero attached hydrogens (tertiary/aromatic N) is 3. The van der Waals surface area contributed by atoms with Crippen LogP contribution in [-0.4, -0.2) is 28.4 Å². The third-order valence-corrected chi connectivity index (χ3v) is 5.03. The molecule has 29 heavy (non-hydrogen) atoms. The normalized spacial score (nSPS) is 11.9. The van der Waals surface area contributed by atoms with Crippen LogP contribution in [-0.2, 0) is 9.59 Å². The van der Waals surface area contributed by atoms with E-state index in [0.29, 0.717) is 28.2 Å². The summed E-state index contributed by atoms with van der Waals surface area (Å²) in [4.78, 5) is 43.7. The fraction of sp³-hybridized carbons (Fsp3) is 0.238. The molecule has 0 bridgehead atoms. The number of anilines is 2. The van der Waals surface area contributed by atoms with Gasteiger partial charge in [0.15, 0.2) is 0 Å². The van der Waals surface area contributed by atoms with Gasteiger partial charge in [0.1, 0.15) is 6.04 Å². The average Bonchev–Trinajstić information content (AvgIpc) is 2.71. The Kier molecular flexibility index (Phi) is 5.98. The summed E-state index contributed by atoms with van der Waals surface area (Å²) in [7, 11) is 1.48. The number of amides is 2. The highest BCUT2D eigenvalue weighted by atomic mass is 35.5. The molecule has 0 radical (unpaired) electrons. The molecule has 0 aliphatic rings. The van der Waals surface area contributed by atoms with Gasteiger partial charge < -0.3 is 5.32 Å². The van der Waals surface area contributed by atoms with Crippen molar-refractivity contribution in [2.45, 2.75) is 26.3 Å². The van der Waals surface area contributed by atoms with E-state index in [2.05, 4.69) is 10.3 Å². The minimum absolute atomic E-state index is 0.0276. The summed E-state index contributed by atoms with van der Waals surface area (Å²) in [5.41, 5.74) is 0.978. The second kappa shape index (κ2) is 8.45. The molecule has 1 atom stereocenters. The average molecular weight is 413 g/mol. The van der Waals surface area contributed by atoms with E-state index in [1.807, 2.05) is 6.92 Å². The SMILES string of the molecule is CC[C@H](C(=O)Nc1ccccc1Cl)n1c(=O)c(N(C)C(C)=O)nc2ccccc21. The van der Waals surface area contributed by atoms with Crippen LogP contribution < -0.4 is 15.8 Å². The van der Waals surface area contributed by atoms with Crippen LogP contribution in [0, 0.1) is 0 Å². The highest BCUT2D eigenvalue weighted by Gasteiger charge is 2.26. The summed E-state index contributed by atoms with van der Waals surface area (Å²) in [6.07, 6.45) is 0.355. The number of hydrogen-bond donors (Lipinski definition) is 1. The first kappa shape index (κ1) is 20.5. The van der Waals surface area contributed by atoms with Crippen LogP contribution >= 0.6 is 11.6 Å². The van der Waals surface area contributed by atoms with Crippen LogP contribution in [0.1, 0.15) is 26.3 Å². The maximum Gasteiger partial charge on any atom is 0.295 e. The Labute approximate surface area is 172 Å². The van der Waals surface area contributed by atoms with E-state index >= 15 is 0 Å². The van der Waals surface area contributed by atoms with Crippen molar-refractivity contribution >= 4 is 46.0 Å². The van der Waals surface area contributed by atoms with Crippen molar-refractivity contribution in [2.75, 3.05) is 17.3 Å². The van der Waals surface area contributed by atoms with Crippen molar-refractivity contribution in [3.05, 3.63) is 63.9 Å². The Balaban J connectivity index is 2.16. The van der Waals surface area contributed by atoms with E-state index in [0.717, 1.165) is 0 Å². The first-order valence-corrected chi connectivity index (χ1v) is 9.54. The molecule has 2 amide bonds. The van der Waals surface area contributed by atoms with Gasteiger partial charge in [0, 0.05) is 14.0 Å². The van der Waals surface area contributed by atoms with Crippen LogP contribution in [0.15, 0.2) is 53.3 Å². The molecule has 0 fully saturated rings. The first-order chi connectivity index (χ1) is 13.8. The molecule has 7 nitrogen and oxygen atoms in total. The summed E-state index contributed by atoms with van der Waals surface area (Å²) in [6, 6.07) is 13.1. The summed E-state index contributed by atoms with van der Waals surface area (Å²) in [5, 5.41) is 3.19. The maximum absolute atomic E-state index is 13.3. The smallest absolute Gasteiger partial charge is 0.295 e. The third kappa shape index (κ3) is 4.00. The molecule has 0 saturated heterocycles. The van der Waals surface area contributed by atoms with Gasteiger partial charge in [-0.15, -0.1) is 0 Å². The maximum atomic E-state index is 13.3. The number of carbonyl (C=O) groups excluding carboxylic acids is 2. The van der Waals surface area contributed by atoms with Gasteiger partial charge in [-0.25, -0.2) is 4.98 Å². The number of nitrogens with one attached hydrogen (secondary N) is 1. The molecule has 0 unspecified atom stereocenters. The number of fused-ring (bicyclic) bond motifs is 1. The van der Waals surface area contributed by atoms with E-state index in [1.54, 1.807) is 48.5 Å². The quantitative estimate of drug-likeness (QED) is 0.693. The van der Waals surface area contributed by atoms with Crippen molar-refractivity contribution < 1.29 is 9.59 Å². The molecule has 0 spiro atoms. The van der Waals surface area contributed by atoms with Crippen LogP contribution in [0.2, 0.25) is 5.02 Å². The van der Waals surface area contributed by atoms with E-state index < -0.39 is 11.6 Å². The monoisotopic (exact) mass is 412 g/mol. The highest BCUT2D eigenvalue weighted by molar-refractivity contribution is 6.33. The van der Waals surface area contributed by atoms with E-state index in [1.165, 1.54) is 23.4 Å². The van der Waals surface area contributed by atoms with Crippen molar-refractivity contribution in [3.63, 3.8) is 0 Å². The Morgan fingerprint density at radius 1 is 1.17 bits per heavy atom. The van der Waals surface area contributed by atoms with Gasteiger partial charge in [-0.3, -0.25) is 23.9 Å². The van der Waals surface area contributed by atoms with Gasteiger partial charge in [-0.05, 0) is 30.7 Å². The summed E-state index contributed by atoms with van der Waals surface area (Å²) in [5.74, 6) is -0.735. The first-order valence-electron chi connectivity index (χ1n) is 9.16. The number of aromatic nitrogens is 2. The summed E-state index contributed by atoms with van der Waals surface area (Å²) < 4.78 is 1.39. The molecular formula is C21H21ClN4O3. The number of rotatable bonds is 5. The summed E-state index contributed by atoms with van der Waals surface area (Å²) in [6.45, 7) is 3.16. The largest absolute Gasteiger partial charge is 0.323 e. The van der Waals surface area contributed by atoms with Gasteiger partial charge >= 0.3 is 0 Å². The number of para-hydroxylation sites is 3. The lowest BCUT2D eigenvalue weighted by molar-refractivity contribution is -0.119. The van der Waals surface area contributed by atoms with Gasteiger partial charge in [0.2, 0.25) is 17.6 Å². The molecule has 0 aliphatic carbocycles. The van der Waals surface area contributed by atoms with Crippen molar-refractivity contribution in [2.24, 2.45) is 0 Å². The molecular weight excluding hydrogens is 392 g/mol. The second-order valence-corrected chi connectivity index (χ2v) is 6.98. The van der Waals surface area contributed by atoms with E-state index in [-0.39, 0.29) is 17.6 Å². The molecule has 150 valence electrons. The lowest BCUT2D eigenvalue weighted by atomic mass is 10.1. The highest BCUT2D eigenvalue weighted by Crippen LogP contribution is 2.24. The van der Waals surface area contributed by atoms with Crippen LogP contribution in [0.25, 0.3) is 11.0 Å². The Morgan fingerprint density at radius 3 is 2.48 bits per heavy atom. The molecule has 2 aromatic carbocycles. The molecule has 8 heteroatoms. The predicted molar refractivity (Wildman–Crippen MR) is 114 cm³/mol. The van der Waals surface area contributed by atoms with Gasteiger partial charge in [0.25, 0.3) is 5.56 Å². The van der Waals surface area contributed by atoms with Crippen molar-refractivity contribution in [1.29, 1.82) is 0 Å². The van der Waals surface area contributed by atoms with Crippen molar-refractivity contribution in [1.82, 2.24) is 9.55 Å². The van der Waals surface area contributed by atoms with E-state index in [4.69, 9.17) is 11.6 Å². The van der Waals surface area contributed by atoms with Gasteiger partial charge in [-0.2, -0.15) is 0 Å². The van der Waals surface area contributed by atoms with Gasteiger partial charge in [-0.1, -0.05) is 42.8 Å². The molecule has 0 aliphatic heterocycles. The Hall–Kier alpha value is -3.19. The molecule has 0 saturated carbocycles. The molecule has 1 heterocycles. The lowest BCUT2D eigenvalue weighted by Crippen LogP contribution is -2.38. The molecule has 1 N–H and O–H groups in total. The van der Waals surface area contributed by atoms with Crippen LogP contribution in [0.3, 0.4) is 0 Å². The number of benzene rings is 2. The van der Waals surface area contributed by atoms with Crippen molar-refractivity contribution in [3.8, 4) is 0 Å². The number of hydrogen-bond acceptors (Lipinski definition) is 4. The second-order valence-electron chi connectivity index (χ2n) is 6.57. The fourth-order valence-electron chi connectivity index (χ4n) is 3.08. The zero-order chi connectivity index (χ0) is 21.1. The topological polar surface area (TPSA) is 84.3 Å². The summed E-state index contributed by atoms with van der Waals surface area (Å²) >= 11 is 6.15. The standard InChI is InChI=1S/C21H21ClN4O3/c1-4-17(20(28)24-15-10-6-5-9-14(15)22)26-18-12-8-7-11-16(18)23-19(21(26)29)25(3)13(2)27/h5-12,17H,4H2,1-3H3,(H,24,28)/t17-/m1/s1. The number of carbonyl (C=O) groups is 2. The minimum Gasteiger partial charge on any atom is -0.323 e. The predicted octanol–water partition coefficient (Wildman–Crippen LogP) is 3.62. The van der Waals surface area contributed by atoms with Crippen LogP contribution in [0.5, 0.6) is 0 Å². The minimum atomic E-state index is -0.814. The third-order valence-electron chi connectivity index (χ3n) is 4.70.